The van der Waals surface area contributed by atoms with Gasteiger partial charge in [-0.05, 0) is 95.0 Å². The van der Waals surface area contributed by atoms with Crippen LogP contribution in [0.25, 0.3) is 99.9 Å². The van der Waals surface area contributed by atoms with Crippen LogP contribution in [-0.4, -0.2) is 15.0 Å². The van der Waals surface area contributed by atoms with Gasteiger partial charge in [0, 0.05) is 22.1 Å². The molecule has 1 heterocycles. The lowest BCUT2D eigenvalue weighted by molar-refractivity contribution is 0.660. The van der Waals surface area contributed by atoms with Gasteiger partial charge in [0.05, 0.1) is 20.6 Å². The maximum absolute atomic E-state index is 9.84. The molecule has 3 nitrogen and oxygen atoms in total. The summed E-state index contributed by atoms with van der Waals surface area (Å²) in [6.45, 7) is 4.27. The molecule has 1 aliphatic rings. The highest BCUT2D eigenvalue weighted by Gasteiger charge is 2.35. The molecule has 1 aromatic heterocycles. The summed E-state index contributed by atoms with van der Waals surface area (Å²) in [6, 6.07) is 20.7. The molecule has 0 atom stereocenters. The van der Waals surface area contributed by atoms with E-state index >= 15 is 0 Å². The summed E-state index contributed by atoms with van der Waals surface area (Å²) in [5.41, 5.74) is 5.49. The third-order valence-electron chi connectivity index (χ3n) is 10.8. The second-order valence-corrected chi connectivity index (χ2v) is 14.4. The molecule has 57 heavy (non-hydrogen) atoms. The number of nitrogens with zero attached hydrogens (tertiary/aromatic N) is 3. The average molecular weight is 743 g/mol. The molecule has 0 saturated heterocycles. The predicted octanol–water partition coefficient (Wildman–Crippen LogP) is 14.0. The molecule has 0 spiro atoms. The van der Waals surface area contributed by atoms with Gasteiger partial charge >= 0.3 is 0 Å². The highest BCUT2D eigenvalue weighted by atomic mass is 15.0. The lowest BCUT2D eigenvalue weighted by atomic mass is 9.82. The van der Waals surface area contributed by atoms with Crippen LogP contribution in [0.2, 0.25) is 0 Å². The quantitative estimate of drug-likeness (QED) is 0.165. The lowest BCUT2D eigenvalue weighted by Crippen LogP contribution is -2.15. The van der Waals surface area contributed by atoms with Gasteiger partial charge < -0.3 is 0 Å². The summed E-state index contributed by atoms with van der Waals surface area (Å²) in [6.07, 6.45) is 0. The fourth-order valence-corrected chi connectivity index (χ4v) is 7.89. The molecule has 3 heteroatoms. The van der Waals surface area contributed by atoms with Crippen molar-refractivity contribution >= 4 is 32.3 Å². The molecule has 0 fully saturated rings. The molecule has 9 aromatic carbocycles. The van der Waals surface area contributed by atoms with Crippen molar-refractivity contribution in [2.24, 2.45) is 0 Å². The smallest absolute Gasteiger partial charge is 0.164 e. The summed E-state index contributed by atoms with van der Waals surface area (Å²) in [7, 11) is 0. The van der Waals surface area contributed by atoms with Gasteiger partial charge in [-0.1, -0.05) is 183 Å². The zero-order valence-electron chi connectivity index (χ0n) is 45.6. The van der Waals surface area contributed by atoms with Crippen LogP contribution in [0.4, 0.5) is 0 Å². The Labute approximate surface area is 353 Å². The highest BCUT2D eigenvalue weighted by molar-refractivity contribution is 6.25. The van der Waals surface area contributed by atoms with Crippen molar-refractivity contribution in [3.8, 4) is 67.5 Å². The molecule has 0 N–H and O–H groups in total. The molecule has 268 valence electrons. The third-order valence-corrected chi connectivity index (χ3v) is 10.8. The number of fused-ring (bicyclic) bond motifs is 9. The fourth-order valence-electron chi connectivity index (χ4n) is 7.89. The van der Waals surface area contributed by atoms with Crippen molar-refractivity contribution in [3.63, 3.8) is 0 Å². The van der Waals surface area contributed by atoms with E-state index in [4.69, 9.17) is 25.9 Å². The van der Waals surface area contributed by atoms with Crippen LogP contribution >= 0.6 is 0 Å². The van der Waals surface area contributed by atoms with E-state index in [0.29, 0.717) is 11.1 Å². The normalized spacial score (nSPS) is 16.6. The summed E-state index contributed by atoms with van der Waals surface area (Å²) < 4.78 is 137. The Morgan fingerprint density at radius 3 is 1.60 bits per heavy atom. The second-order valence-electron chi connectivity index (χ2n) is 14.4. The van der Waals surface area contributed by atoms with E-state index in [1.54, 1.807) is 0 Å². The molecule has 0 radical (unpaired) electrons. The second kappa shape index (κ2) is 12.9. The van der Waals surface area contributed by atoms with Gasteiger partial charge in [0.1, 0.15) is 0 Å². The molecular weight excluding hydrogens is 691 g/mol. The zero-order valence-corrected chi connectivity index (χ0v) is 30.6. The minimum atomic E-state index is -0.774. The summed E-state index contributed by atoms with van der Waals surface area (Å²) in [4.78, 5) is 14.7. The average Bonchev–Trinajstić information content (AvgIpc) is 3.62. The molecule has 11 rings (SSSR count). The molecule has 10 aromatic rings. The molecule has 0 amide bonds. The van der Waals surface area contributed by atoms with Gasteiger partial charge in [-0.3, -0.25) is 0 Å². The van der Waals surface area contributed by atoms with Gasteiger partial charge in [0.25, 0.3) is 0 Å². The van der Waals surface area contributed by atoms with E-state index in [9.17, 15) is 9.60 Å². The van der Waals surface area contributed by atoms with Gasteiger partial charge in [0.2, 0.25) is 0 Å². The first-order valence-electron chi connectivity index (χ1n) is 25.9. The first kappa shape index (κ1) is 21.2. The van der Waals surface area contributed by atoms with Crippen LogP contribution < -0.4 is 0 Å². The zero-order chi connectivity index (χ0) is 51.1. The van der Waals surface area contributed by atoms with Crippen LogP contribution in [0.3, 0.4) is 0 Å². The first-order valence-corrected chi connectivity index (χ1v) is 18.4. The van der Waals surface area contributed by atoms with Crippen LogP contribution in [-0.2, 0) is 5.41 Å². The first-order chi connectivity index (χ1) is 34.3. The summed E-state index contributed by atoms with van der Waals surface area (Å²) in [5, 5.41) is -2.18. The van der Waals surface area contributed by atoms with Crippen molar-refractivity contribution in [1.82, 2.24) is 15.0 Å². The van der Waals surface area contributed by atoms with E-state index < -0.39 is 113 Å². The molecule has 1 aliphatic carbocycles. The minimum absolute atomic E-state index is 0.151. The van der Waals surface area contributed by atoms with Crippen molar-refractivity contribution in [1.29, 1.82) is 0 Å². The number of hydrogen-bond acceptors (Lipinski definition) is 3. The van der Waals surface area contributed by atoms with Gasteiger partial charge in [-0.2, -0.15) is 0 Å². The Morgan fingerprint density at radius 1 is 0.368 bits per heavy atom. The van der Waals surface area contributed by atoms with E-state index in [0.717, 1.165) is 33.4 Å². The third kappa shape index (κ3) is 5.46. The van der Waals surface area contributed by atoms with Crippen LogP contribution in [0.1, 0.15) is 45.5 Å². The number of hydrogen-bond donors (Lipinski definition) is 0. The minimum Gasteiger partial charge on any atom is -0.208 e. The number of rotatable bonds is 5. The molecule has 0 saturated carbocycles. The van der Waals surface area contributed by atoms with Gasteiger partial charge in [-0.15, -0.1) is 0 Å². The molecule has 0 unspecified atom stereocenters. The van der Waals surface area contributed by atoms with Crippen LogP contribution in [0, 0.1) is 0 Å². The lowest BCUT2D eigenvalue weighted by Gasteiger charge is -2.21. The Bertz CT molecular complexity index is 4020. The number of aromatic nitrogens is 3. The predicted molar refractivity (Wildman–Crippen MR) is 237 cm³/mol. The number of benzene rings is 9. The molecule has 0 bridgehead atoms. The van der Waals surface area contributed by atoms with Crippen LogP contribution in [0.5, 0.6) is 0 Å². The van der Waals surface area contributed by atoms with Crippen molar-refractivity contribution in [2.45, 2.75) is 19.3 Å². The monoisotopic (exact) mass is 742 g/mol. The maximum atomic E-state index is 9.84. The van der Waals surface area contributed by atoms with Gasteiger partial charge in [0.15, 0.2) is 17.5 Å². The van der Waals surface area contributed by atoms with E-state index in [2.05, 4.69) is 26.0 Å². The Morgan fingerprint density at radius 2 is 0.877 bits per heavy atom. The standard InChI is InChI=1S/C54H37N3/c1-54(2)49-22-11-10-21-46(49)47-30-28-40(33-50(47)54)53-56-51(36-25-23-35(24-26-36)34-13-4-3-5-14-34)55-52(57-53)39-16-12-15-37(31-39)38-27-29-45-43-19-7-6-17-41(43)42-18-8-9-20-44(42)48(45)32-38/h3-33H,1-2H3/i6D,7D,8D,9D,12D,15D,16D,17D,18D,19D,20D,27D,29D,31D,32D. The highest BCUT2D eigenvalue weighted by Crippen LogP contribution is 2.49. The van der Waals surface area contributed by atoms with E-state index in [1.807, 2.05) is 84.9 Å². The fraction of sp³-hybridized carbons (Fsp3) is 0.0556. The van der Waals surface area contributed by atoms with Crippen molar-refractivity contribution in [2.75, 3.05) is 0 Å². The Balaban J connectivity index is 1.21. The van der Waals surface area contributed by atoms with Gasteiger partial charge in [-0.25, -0.2) is 15.0 Å². The van der Waals surface area contributed by atoms with E-state index in [-0.39, 0.29) is 50.0 Å². The Kier molecular flexibility index (Phi) is 4.80. The summed E-state index contributed by atoms with van der Waals surface area (Å²) in [5.74, 6) is 0.0801. The Hall–Kier alpha value is -7.23. The maximum Gasteiger partial charge on any atom is 0.164 e. The van der Waals surface area contributed by atoms with Crippen molar-refractivity contribution in [3.05, 3.63) is 199 Å². The van der Waals surface area contributed by atoms with Crippen molar-refractivity contribution < 1.29 is 20.6 Å². The molecule has 0 aliphatic heterocycles. The van der Waals surface area contributed by atoms with Crippen LogP contribution in [0.15, 0.2) is 188 Å². The topological polar surface area (TPSA) is 38.7 Å². The largest absolute Gasteiger partial charge is 0.208 e. The van der Waals surface area contributed by atoms with E-state index in [1.165, 1.54) is 0 Å². The molecular formula is C54H37N3. The SMILES string of the molecule is [2H]c1c([2H])c(-c2nc(-c3ccc(-c4ccccc4)cc3)nc(-c3ccc4c(c3)C(C)(C)c3ccccc3-4)n2)c([2H])c(-c2c([2H])c([2H])c3c4c([2H])c([2H])c([2H])c([2H])c4c4c([2H])c([2H])c([2H])c([2H])c4c3c2[2H])c1[2H]. The summed E-state index contributed by atoms with van der Waals surface area (Å²) >= 11 is 0.